The Hall–Kier alpha value is -1.00. The largest absolute Gasteiger partial charge is 0.330 e. The molecule has 1 aromatic carbocycles. The number of benzene rings is 1. The standard InChI is InChI=1S/C11H16N2OS/c1-9(14)13-10-5-2-3-6-11(10)15-8-4-7-12/h2-3,5-6H,4,7-8,12H2,1H3,(H,13,14). The smallest absolute Gasteiger partial charge is 0.221 e. The molecule has 15 heavy (non-hydrogen) atoms. The molecular weight excluding hydrogens is 208 g/mol. The molecule has 0 radical (unpaired) electrons. The molecule has 0 heterocycles. The number of nitrogens with two attached hydrogens (primary N) is 1. The summed E-state index contributed by atoms with van der Waals surface area (Å²) in [6.07, 6.45) is 0.985. The zero-order valence-corrected chi connectivity index (χ0v) is 9.64. The fraction of sp³-hybridized carbons (Fsp3) is 0.364. The second-order valence-corrected chi connectivity index (χ2v) is 4.30. The van der Waals surface area contributed by atoms with E-state index in [1.807, 2.05) is 24.3 Å². The Morgan fingerprint density at radius 1 is 1.47 bits per heavy atom. The number of amides is 1. The first kappa shape index (κ1) is 12.1. The van der Waals surface area contributed by atoms with Crippen LogP contribution in [0.4, 0.5) is 5.69 Å². The minimum absolute atomic E-state index is 0.0399. The minimum atomic E-state index is -0.0399. The van der Waals surface area contributed by atoms with Crippen molar-refractivity contribution in [2.75, 3.05) is 17.6 Å². The van der Waals surface area contributed by atoms with Crippen molar-refractivity contribution in [2.24, 2.45) is 5.73 Å². The van der Waals surface area contributed by atoms with Crippen LogP contribution < -0.4 is 11.1 Å². The van der Waals surface area contributed by atoms with E-state index >= 15 is 0 Å². The molecule has 0 aliphatic carbocycles. The molecule has 0 aliphatic heterocycles. The number of carbonyl (C=O) groups excluding carboxylic acids is 1. The molecule has 3 nitrogen and oxygen atoms in total. The van der Waals surface area contributed by atoms with Crippen LogP contribution in [0.1, 0.15) is 13.3 Å². The monoisotopic (exact) mass is 224 g/mol. The van der Waals surface area contributed by atoms with Crippen molar-refractivity contribution >= 4 is 23.4 Å². The van der Waals surface area contributed by atoms with Gasteiger partial charge in [-0.25, -0.2) is 0 Å². The molecule has 1 aromatic rings. The van der Waals surface area contributed by atoms with E-state index < -0.39 is 0 Å². The molecule has 0 saturated heterocycles. The lowest BCUT2D eigenvalue weighted by atomic mass is 10.3. The fourth-order valence-corrected chi connectivity index (χ4v) is 2.13. The van der Waals surface area contributed by atoms with Gasteiger partial charge in [0.25, 0.3) is 0 Å². The molecule has 82 valence electrons. The summed E-state index contributed by atoms with van der Waals surface area (Å²) in [6, 6.07) is 7.80. The maximum absolute atomic E-state index is 11.0. The van der Waals surface area contributed by atoms with Crippen LogP contribution in [-0.4, -0.2) is 18.2 Å². The molecule has 4 heteroatoms. The van der Waals surface area contributed by atoms with Gasteiger partial charge in [0.2, 0.25) is 5.91 Å². The summed E-state index contributed by atoms with van der Waals surface area (Å²) in [5, 5.41) is 2.81. The van der Waals surface area contributed by atoms with Gasteiger partial charge in [0.1, 0.15) is 0 Å². The highest BCUT2D eigenvalue weighted by Gasteiger charge is 2.02. The van der Waals surface area contributed by atoms with Crippen molar-refractivity contribution in [1.29, 1.82) is 0 Å². The summed E-state index contributed by atoms with van der Waals surface area (Å²) in [7, 11) is 0. The van der Waals surface area contributed by atoms with Crippen LogP contribution in [0.2, 0.25) is 0 Å². The highest BCUT2D eigenvalue weighted by molar-refractivity contribution is 7.99. The molecule has 0 aliphatic rings. The van der Waals surface area contributed by atoms with E-state index in [2.05, 4.69) is 5.32 Å². The van der Waals surface area contributed by atoms with E-state index in [1.165, 1.54) is 6.92 Å². The van der Waals surface area contributed by atoms with Crippen molar-refractivity contribution in [3.8, 4) is 0 Å². The average molecular weight is 224 g/mol. The maximum atomic E-state index is 11.0. The van der Waals surface area contributed by atoms with Gasteiger partial charge in [-0.3, -0.25) is 4.79 Å². The molecule has 0 saturated carbocycles. The zero-order valence-electron chi connectivity index (χ0n) is 8.82. The molecule has 0 bridgehead atoms. The molecule has 0 atom stereocenters. The average Bonchev–Trinajstić information content (AvgIpc) is 2.20. The number of hydrogen-bond acceptors (Lipinski definition) is 3. The Morgan fingerprint density at radius 3 is 2.87 bits per heavy atom. The third kappa shape index (κ3) is 4.36. The Balaban J connectivity index is 2.64. The van der Waals surface area contributed by atoms with Crippen LogP contribution >= 0.6 is 11.8 Å². The van der Waals surface area contributed by atoms with Crippen molar-refractivity contribution in [3.05, 3.63) is 24.3 Å². The third-order valence-electron chi connectivity index (χ3n) is 1.80. The highest BCUT2D eigenvalue weighted by Crippen LogP contribution is 2.27. The number of rotatable bonds is 5. The zero-order chi connectivity index (χ0) is 11.1. The first-order valence-electron chi connectivity index (χ1n) is 4.93. The van der Waals surface area contributed by atoms with E-state index in [0.29, 0.717) is 6.54 Å². The van der Waals surface area contributed by atoms with Crippen LogP contribution in [0.15, 0.2) is 29.2 Å². The lowest BCUT2D eigenvalue weighted by Gasteiger charge is -2.08. The first-order valence-corrected chi connectivity index (χ1v) is 5.92. The summed E-state index contributed by atoms with van der Waals surface area (Å²) in [5.74, 6) is 0.939. The van der Waals surface area contributed by atoms with Gasteiger partial charge in [-0.2, -0.15) is 0 Å². The second kappa shape index (κ2) is 6.48. The SMILES string of the molecule is CC(=O)Nc1ccccc1SCCCN. The molecule has 1 amide bonds. The summed E-state index contributed by atoms with van der Waals surface area (Å²) >= 11 is 1.72. The molecular formula is C11H16N2OS. The van der Waals surface area contributed by atoms with Crippen LogP contribution in [0.3, 0.4) is 0 Å². The van der Waals surface area contributed by atoms with Gasteiger partial charge >= 0.3 is 0 Å². The topological polar surface area (TPSA) is 55.1 Å². The van der Waals surface area contributed by atoms with Gasteiger partial charge in [0, 0.05) is 11.8 Å². The summed E-state index contributed by atoms with van der Waals surface area (Å²) < 4.78 is 0. The number of thioether (sulfide) groups is 1. The van der Waals surface area contributed by atoms with Gasteiger partial charge in [-0.15, -0.1) is 11.8 Å². The van der Waals surface area contributed by atoms with Crippen LogP contribution in [0, 0.1) is 0 Å². The maximum Gasteiger partial charge on any atom is 0.221 e. The Morgan fingerprint density at radius 2 is 2.20 bits per heavy atom. The normalized spacial score (nSPS) is 10.0. The Kier molecular flexibility index (Phi) is 5.21. The summed E-state index contributed by atoms with van der Waals surface area (Å²) in [5.41, 5.74) is 6.31. The molecule has 0 fully saturated rings. The number of para-hydroxylation sites is 1. The lowest BCUT2D eigenvalue weighted by molar-refractivity contribution is -0.114. The third-order valence-corrected chi connectivity index (χ3v) is 2.96. The molecule has 0 spiro atoms. The first-order chi connectivity index (χ1) is 7.24. The van der Waals surface area contributed by atoms with Gasteiger partial charge in [0.05, 0.1) is 5.69 Å². The highest BCUT2D eigenvalue weighted by atomic mass is 32.2. The van der Waals surface area contributed by atoms with E-state index in [0.717, 1.165) is 22.8 Å². The molecule has 1 rings (SSSR count). The van der Waals surface area contributed by atoms with E-state index in [1.54, 1.807) is 11.8 Å². The van der Waals surface area contributed by atoms with Crippen molar-refractivity contribution < 1.29 is 4.79 Å². The molecule has 3 N–H and O–H groups in total. The molecule has 0 aromatic heterocycles. The number of nitrogens with one attached hydrogen (secondary N) is 1. The van der Waals surface area contributed by atoms with Gasteiger partial charge < -0.3 is 11.1 Å². The van der Waals surface area contributed by atoms with Crippen LogP contribution in [-0.2, 0) is 4.79 Å². The van der Waals surface area contributed by atoms with E-state index in [4.69, 9.17) is 5.73 Å². The lowest BCUT2D eigenvalue weighted by Crippen LogP contribution is -2.06. The van der Waals surface area contributed by atoms with Crippen molar-refractivity contribution in [1.82, 2.24) is 0 Å². The predicted octanol–water partition coefficient (Wildman–Crippen LogP) is 2.09. The fourth-order valence-electron chi connectivity index (χ4n) is 1.15. The number of carbonyl (C=O) groups is 1. The van der Waals surface area contributed by atoms with E-state index in [-0.39, 0.29) is 5.91 Å². The number of anilines is 1. The van der Waals surface area contributed by atoms with Gasteiger partial charge in [0.15, 0.2) is 0 Å². The minimum Gasteiger partial charge on any atom is -0.330 e. The van der Waals surface area contributed by atoms with Crippen molar-refractivity contribution in [2.45, 2.75) is 18.2 Å². The predicted molar refractivity (Wildman–Crippen MR) is 65.1 cm³/mol. The van der Waals surface area contributed by atoms with Gasteiger partial charge in [-0.05, 0) is 30.9 Å². The van der Waals surface area contributed by atoms with E-state index in [9.17, 15) is 4.79 Å². The summed E-state index contributed by atoms with van der Waals surface area (Å²) in [4.78, 5) is 12.1. The molecule has 0 unspecified atom stereocenters. The second-order valence-electron chi connectivity index (χ2n) is 3.17. The van der Waals surface area contributed by atoms with Gasteiger partial charge in [-0.1, -0.05) is 12.1 Å². The Labute approximate surface area is 94.4 Å². The summed E-state index contributed by atoms with van der Waals surface area (Å²) in [6.45, 7) is 2.22. The Bertz CT molecular complexity index is 328. The quantitative estimate of drug-likeness (QED) is 0.595. The van der Waals surface area contributed by atoms with Crippen LogP contribution in [0.25, 0.3) is 0 Å². The number of hydrogen-bond donors (Lipinski definition) is 2. The van der Waals surface area contributed by atoms with Crippen molar-refractivity contribution in [3.63, 3.8) is 0 Å². The van der Waals surface area contributed by atoms with Crippen LogP contribution in [0.5, 0.6) is 0 Å².